The molecule has 0 saturated heterocycles. The molecule has 0 aliphatic rings. The molecule has 0 heterocycles. The summed E-state index contributed by atoms with van der Waals surface area (Å²) in [6.45, 7) is 5.78. The molecule has 0 aliphatic heterocycles. The van der Waals surface area contributed by atoms with Gasteiger partial charge >= 0.3 is 0 Å². The van der Waals surface area contributed by atoms with Crippen LogP contribution in [0.3, 0.4) is 0 Å². The van der Waals surface area contributed by atoms with Gasteiger partial charge < -0.3 is 4.90 Å². The Balaban J connectivity index is 3.93. The number of hydrogen-bond acceptors (Lipinski definition) is 3. The highest BCUT2D eigenvalue weighted by atomic mass is 33.1. The minimum absolute atomic E-state index is 0.871. The third-order valence-corrected chi connectivity index (χ3v) is 11.8. The summed E-state index contributed by atoms with van der Waals surface area (Å²) in [7, 11) is 8.78. The van der Waals surface area contributed by atoms with Crippen LogP contribution in [0.25, 0.3) is 0 Å². The van der Waals surface area contributed by atoms with Crippen LogP contribution < -0.4 is 0 Å². The standard InChI is InChI=1S/C43H81NS2/c1-5-7-9-11-13-15-17-19-21-23-25-27-29-31-33-35-39-43(46-45-42-38-37-41-44(3)4)40-36-34-32-30-28-26-24-22-20-18-16-14-12-10-8-6-2/h13-16,19-22,43H,5-12,17-18,23-42H2,1-4H3. The van der Waals surface area contributed by atoms with Crippen LogP contribution in [0.5, 0.6) is 0 Å². The van der Waals surface area contributed by atoms with Gasteiger partial charge in [0.15, 0.2) is 0 Å². The molecule has 0 aliphatic carbocycles. The second-order valence-electron chi connectivity index (χ2n) is 13.8. The van der Waals surface area contributed by atoms with Crippen molar-refractivity contribution in [2.45, 2.75) is 199 Å². The summed E-state index contributed by atoms with van der Waals surface area (Å²) in [5.74, 6) is 1.32. The predicted molar refractivity (Wildman–Crippen MR) is 220 cm³/mol. The fourth-order valence-corrected chi connectivity index (χ4v) is 8.63. The summed E-state index contributed by atoms with van der Waals surface area (Å²) in [4.78, 5) is 2.32. The SMILES string of the molecule is CCCCCC=CCC=CCCCCCCCCC(CCCCCCCCC=CCC=CCCCCC)SSCCCCN(C)C. The molecule has 0 radical (unpaired) electrons. The second kappa shape index (κ2) is 40.8. The van der Waals surface area contributed by atoms with Crippen LogP contribution in [0.15, 0.2) is 48.6 Å². The van der Waals surface area contributed by atoms with Crippen molar-refractivity contribution < 1.29 is 0 Å². The first-order chi connectivity index (χ1) is 22.7. The third kappa shape index (κ3) is 39.8. The van der Waals surface area contributed by atoms with Crippen molar-refractivity contribution in [1.82, 2.24) is 4.90 Å². The van der Waals surface area contributed by atoms with Crippen molar-refractivity contribution in [2.24, 2.45) is 0 Å². The molecule has 3 heteroatoms. The third-order valence-electron chi connectivity index (χ3n) is 8.74. The molecule has 0 rings (SSSR count). The van der Waals surface area contributed by atoms with E-state index in [1.807, 2.05) is 0 Å². The maximum Gasteiger partial charge on any atom is 0.0151 e. The van der Waals surface area contributed by atoms with E-state index in [9.17, 15) is 0 Å². The fourth-order valence-electron chi connectivity index (χ4n) is 5.69. The first kappa shape index (κ1) is 45.6. The quantitative estimate of drug-likeness (QED) is 0.0366. The van der Waals surface area contributed by atoms with Gasteiger partial charge in [-0.15, -0.1) is 0 Å². The summed E-state index contributed by atoms with van der Waals surface area (Å²) in [5.41, 5.74) is 0. The van der Waals surface area contributed by atoms with Crippen LogP contribution in [0.4, 0.5) is 0 Å². The predicted octanol–water partition coefficient (Wildman–Crippen LogP) is 15.5. The average Bonchev–Trinajstić information content (AvgIpc) is 3.05. The van der Waals surface area contributed by atoms with Gasteiger partial charge in [0.1, 0.15) is 0 Å². The molecule has 0 unspecified atom stereocenters. The summed E-state index contributed by atoms with van der Waals surface area (Å²) in [6, 6.07) is 0. The van der Waals surface area contributed by atoms with Crippen LogP contribution >= 0.6 is 21.6 Å². The zero-order chi connectivity index (χ0) is 33.4. The highest BCUT2D eigenvalue weighted by molar-refractivity contribution is 8.76. The van der Waals surface area contributed by atoms with Gasteiger partial charge in [0.05, 0.1) is 0 Å². The van der Waals surface area contributed by atoms with Crippen molar-refractivity contribution in [3.63, 3.8) is 0 Å². The molecule has 0 aromatic heterocycles. The Morgan fingerprint density at radius 3 is 1.24 bits per heavy atom. The smallest absolute Gasteiger partial charge is 0.0151 e. The van der Waals surface area contributed by atoms with E-state index in [2.05, 4.69) is 103 Å². The minimum Gasteiger partial charge on any atom is -0.309 e. The van der Waals surface area contributed by atoms with Gasteiger partial charge in [-0.3, -0.25) is 0 Å². The van der Waals surface area contributed by atoms with E-state index in [0.29, 0.717) is 0 Å². The molecule has 0 atom stereocenters. The molecule has 0 aromatic carbocycles. The van der Waals surface area contributed by atoms with Gasteiger partial charge in [-0.1, -0.05) is 174 Å². The molecule has 0 spiro atoms. The fraction of sp³-hybridized carbons (Fsp3) is 0.814. The van der Waals surface area contributed by atoms with E-state index < -0.39 is 0 Å². The Morgan fingerprint density at radius 1 is 0.435 bits per heavy atom. The van der Waals surface area contributed by atoms with E-state index in [1.165, 1.54) is 179 Å². The number of hydrogen-bond donors (Lipinski definition) is 0. The molecule has 46 heavy (non-hydrogen) atoms. The average molecular weight is 676 g/mol. The van der Waals surface area contributed by atoms with Crippen LogP contribution in [-0.4, -0.2) is 36.5 Å². The van der Waals surface area contributed by atoms with Gasteiger partial charge in [-0.05, 0) is 111 Å². The molecular weight excluding hydrogens is 595 g/mol. The van der Waals surface area contributed by atoms with Gasteiger partial charge in [0, 0.05) is 11.0 Å². The Kier molecular flexibility index (Phi) is 40.5. The molecule has 0 N–H and O–H groups in total. The maximum absolute atomic E-state index is 2.41. The minimum atomic E-state index is 0.871. The zero-order valence-corrected chi connectivity index (χ0v) is 33.3. The summed E-state index contributed by atoms with van der Waals surface area (Å²) >= 11 is 0. The molecule has 0 saturated carbocycles. The van der Waals surface area contributed by atoms with Crippen molar-refractivity contribution in [3.8, 4) is 0 Å². The van der Waals surface area contributed by atoms with E-state index in [0.717, 1.165) is 18.1 Å². The van der Waals surface area contributed by atoms with E-state index in [-0.39, 0.29) is 0 Å². The Labute approximate surface area is 299 Å². The van der Waals surface area contributed by atoms with Crippen molar-refractivity contribution in [3.05, 3.63) is 48.6 Å². The second-order valence-corrected chi connectivity index (χ2v) is 16.6. The topological polar surface area (TPSA) is 3.24 Å². The van der Waals surface area contributed by atoms with Crippen LogP contribution in [0.2, 0.25) is 0 Å². The van der Waals surface area contributed by atoms with Crippen LogP contribution in [0, 0.1) is 0 Å². The van der Waals surface area contributed by atoms with Crippen LogP contribution in [0.1, 0.15) is 194 Å². The molecule has 0 amide bonds. The van der Waals surface area contributed by atoms with Gasteiger partial charge in [-0.25, -0.2) is 0 Å². The Bertz CT molecular complexity index is 632. The van der Waals surface area contributed by atoms with Gasteiger partial charge in [0.2, 0.25) is 0 Å². The molecule has 0 bridgehead atoms. The molecular formula is C43H81NS2. The number of allylic oxidation sites excluding steroid dienone is 8. The van der Waals surface area contributed by atoms with Gasteiger partial charge in [0.25, 0.3) is 0 Å². The zero-order valence-electron chi connectivity index (χ0n) is 31.7. The lowest BCUT2D eigenvalue weighted by molar-refractivity contribution is 0.399. The summed E-state index contributed by atoms with van der Waals surface area (Å²) in [6.07, 6.45) is 56.9. The molecule has 0 aromatic rings. The Morgan fingerprint density at radius 2 is 0.826 bits per heavy atom. The lowest BCUT2D eigenvalue weighted by atomic mass is 10.0. The first-order valence-corrected chi connectivity index (χ1v) is 22.6. The normalized spacial score (nSPS) is 13.2. The first-order valence-electron chi connectivity index (χ1n) is 20.2. The highest BCUT2D eigenvalue weighted by Gasteiger charge is 2.10. The van der Waals surface area contributed by atoms with E-state index >= 15 is 0 Å². The lowest BCUT2D eigenvalue weighted by Crippen LogP contribution is -2.12. The van der Waals surface area contributed by atoms with Crippen molar-refractivity contribution >= 4 is 21.6 Å². The largest absolute Gasteiger partial charge is 0.309 e. The van der Waals surface area contributed by atoms with E-state index in [1.54, 1.807) is 0 Å². The van der Waals surface area contributed by atoms with E-state index in [4.69, 9.17) is 0 Å². The number of unbranched alkanes of at least 4 members (excludes halogenated alkanes) is 19. The maximum atomic E-state index is 2.41. The number of rotatable bonds is 37. The molecule has 0 fully saturated rings. The highest BCUT2D eigenvalue weighted by Crippen LogP contribution is 2.34. The lowest BCUT2D eigenvalue weighted by Gasteiger charge is -2.16. The van der Waals surface area contributed by atoms with Crippen molar-refractivity contribution in [1.29, 1.82) is 0 Å². The molecule has 1 nitrogen and oxygen atoms in total. The summed E-state index contributed by atoms with van der Waals surface area (Å²) in [5, 5.41) is 0.871. The molecule has 270 valence electrons. The van der Waals surface area contributed by atoms with Gasteiger partial charge in [-0.2, -0.15) is 0 Å². The monoisotopic (exact) mass is 676 g/mol. The van der Waals surface area contributed by atoms with Crippen molar-refractivity contribution in [2.75, 3.05) is 26.4 Å². The number of nitrogens with zero attached hydrogens (tertiary/aromatic N) is 1. The Hall–Kier alpha value is -0.380. The summed E-state index contributed by atoms with van der Waals surface area (Å²) < 4.78 is 0. The van der Waals surface area contributed by atoms with Crippen LogP contribution in [-0.2, 0) is 0 Å².